The summed E-state index contributed by atoms with van der Waals surface area (Å²) in [4.78, 5) is 38.1. The van der Waals surface area contributed by atoms with E-state index in [0.717, 1.165) is 0 Å². The van der Waals surface area contributed by atoms with Gasteiger partial charge in [-0.3, -0.25) is 25.2 Å². The molecule has 0 aliphatic rings. The minimum atomic E-state index is -0.698. The van der Waals surface area contributed by atoms with Crippen LogP contribution in [0.15, 0.2) is 53.3 Å². The van der Waals surface area contributed by atoms with E-state index in [2.05, 4.69) is 26.3 Å². The summed E-state index contributed by atoms with van der Waals surface area (Å²) in [5.74, 6) is -1.80. The van der Waals surface area contributed by atoms with Gasteiger partial charge < -0.3 is 0 Å². The quantitative estimate of drug-likeness (QED) is 0.460. The van der Waals surface area contributed by atoms with Crippen molar-refractivity contribution in [3.05, 3.63) is 81.8 Å². The average molecular weight is 449 g/mol. The molecule has 0 radical (unpaired) electrons. The summed E-state index contributed by atoms with van der Waals surface area (Å²) in [7, 11) is 0. The maximum atomic E-state index is 13.2. The van der Waals surface area contributed by atoms with Crippen LogP contribution in [0.3, 0.4) is 0 Å². The lowest BCUT2D eigenvalue weighted by Gasteiger charge is -2.13. The number of rotatable bonds is 4. The van der Waals surface area contributed by atoms with Gasteiger partial charge in [-0.05, 0) is 51.1 Å². The Morgan fingerprint density at radius 3 is 2.18 bits per heavy atom. The van der Waals surface area contributed by atoms with Crippen molar-refractivity contribution in [2.45, 2.75) is 26.8 Å². The molecule has 33 heavy (non-hydrogen) atoms. The summed E-state index contributed by atoms with van der Waals surface area (Å²) in [6.45, 7) is 5.17. The smallest absolute Gasteiger partial charge is 0.267 e. The van der Waals surface area contributed by atoms with Crippen LogP contribution in [-0.2, 0) is 0 Å². The predicted molar refractivity (Wildman–Crippen MR) is 117 cm³/mol. The molecule has 0 aliphatic carbocycles. The fourth-order valence-electron chi connectivity index (χ4n) is 3.32. The van der Waals surface area contributed by atoms with Crippen LogP contribution in [0, 0.1) is 12.7 Å². The van der Waals surface area contributed by atoms with Gasteiger partial charge in [0, 0.05) is 5.39 Å². The minimum absolute atomic E-state index is 0.00844. The molecule has 4 rings (SSSR count). The van der Waals surface area contributed by atoms with Gasteiger partial charge in [-0.25, -0.2) is 13.8 Å². The van der Waals surface area contributed by atoms with E-state index in [1.165, 1.54) is 33.6 Å². The summed E-state index contributed by atoms with van der Waals surface area (Å²) < 4.78 is 15.8. The molecule has 0 bridgehead atoms. The third kappa shape index (κ3) is 4.07. The summed E-state index contributed by atoms with van der Waals surface area (Å²) in [6.07, 6.45) is 0. The fourth-order valence-corrected chi connectivity index (χ4v) is 3.32. The van der Waals surface area contributed by atoms with Crippen molar-refractivity contribution >= 4 is 22.6 Å². The van der Waals surface area contributed by atoms with Gasteiger partial charge in [-0.15, -0.1) is 5.10 Å². The lowest BCUT2D eigenvalue weighted by molar-refractivity contribution is 0.0840. The monoisotopic (exact) mass is 449 g/mol. The zero-order valence-corrected chi connectivity index (χ0v) is 18.0. The predicted octanol–water partition coefficient (Wildman–Crippen LogP) is 2.08. The van der Waals surface area contributed by atoms with Crippen LogP contribution in [0.2, 0.25) is 0 Å². The second-order valence-corrected chi connectivity index (χ2v) is 7.56. The molecular formula is C22H20FN7O3. The molecule has 168 valence electrons. The Bertz CT molecular complexity index is 1420. The van der Waals surface area contributed by atoms with E-state index in [1.807, 2.05) is 0 Å². The number of hydrogen-bond acceptors (Lipinski definition) is 6. The molecule has 0 saturated carbocycles. The first-order valence-electron chi connectivity index (χ1n) is 10.1. The zero-order chi connectivity index (χ0) is 23.7. The Hall–Kier alpha value is -4.41. The number of fused-ring (bicyclic) bond motifs is 1. The molecule has 2 aromatic carbocycles. The molecule has 0 spiro atoms. The van der Waals surface area contributed by atoms with Crippen LogP contribution in [0.5, 0.6) is 0 Å². The molecule has 0 saturated heterocycles. The fraction of sp³-hybridized carbons (Fsp3) is 0.182. The van der Waals surface area contributed by atoms with Gasteiger partial charge in [-0.2, -0.15) is 5.10 Å². The van der Waals surface area contributed by atoms with Gasteiger partial charge in [0.2, 0.25) is 0 Å². The Balaban J connectivity index is 1.57. The molecule has 2 N–H and O–H groups in total. The molecule has 2 heterocycles. The molecule has 4 aromatic rings. The number of carbonyl (C=O) groups is 2. The molecule has 2 aromatic heterocycles. The van der Waals surface area contributed by atoms with Crippen molar-refractivity contribution in [2.75, 3.05) is 0 Å². The van der Waals surface area contributed by atoms with Gasteiger partial charge >= 0.3 is 0 Å². The zero-order valence-electron chi connectivity index (χ0n) is 18.0. The van der Waals surface area contributed by atoms with Crippen LogP contribution in [-0.4, -0.2) is 36.6 Å². The third-order valence-corrected chi connectivity index (χ3v) is 5.00. The molecule has 0 aliphatic heterocycles. The molecule has 2 amide bonds. The van der Waals surface area contributed by atoms with Crippen LogP contribution in [0.1, 0.15) is 46.6 Å². The van der Waals surface area contributed by atoms with Crippen molar-refractivity contribution in [3.8, 4) is 5.69 Å². The lowest BCUT2D eigenvalue weighted by Crippen LogP contribution is -2.43. The first-order chi connectivity index (χ1) is 15.8. The summed E-state index contributed by atoms with van der Waals surface area (Å²) >= 11 is 0. The number of aromatic nitrogens is 5. The van der Waals surface area contributed by atoms with Crippen LogP contribution in [0.25, 0.3) is 16.5 Å². The van der Waals surface area contributed by atoms with Gasteiger partial charge in [0.05, 0.1) is 22.8 Å². The third-order valence-electron chi connectivity index (χ3n) is 5.00. The number of nitrogens with zero attached hydrogens (tertiary/aromatic N) is 5. The SMILES string of the molecule is Cc1c(C(=O)NNC(=O)c2nn(C(C)C)c(=O)c3ccccc23)nnn1-c1ccc(F)cc1. The van der Waals surface area contributed by atoms with E-state index in [0.29, 0.717) is 22.2 Å². The maximum absolute atomic E-state index is 13.2. The van der Waals surface area contributed by atoms with Crippen molar-refractivity contribution in [3.63, 3.8) is 0 Å². The summed E-state index contributed by atoms with van der Waals surface area (Å²) in [5, 5.41) is 12.7. The highest BCUT2D eigenvalue weighted by atomic mass is 19.1. The Morgan fingerprint density at radius 1 is 0.939 bits per heavy atom. The van der Waals surface area contributed by atoms with Crippen molar-refractivity contribution in [1.82, 2.24) is 35.6 Å². The minimum Gasteiger partial charge on any atom is -0.267 e. The van der Waals surface area contributed by atoms with E-state index in [9.17, 15) is 18.8 Å². The molecule has 0 unspecified atom stereocenters. The number of benzene rings is 2. The van der Waals surface area contributed by atoms with E-state index in [4.69, 9.17) is 0 Å². The second kappa shape index (κ2) is 8.61. The number of nitrogens with one attached hydrogen (secondary N) is 2. The highest BCUT2D eigenvalue weighted by Crippen LogP contribution is 2.15. The molecular weight excluding hydrogens is 429 g/mol. The van der Waals surface area contributed by atoms with E-state index in [1.54, 1.807) is 45.0 Å². The number of hydrogen-bond donors (Lipinski definition) is 2. The van der Waals surface area contributed by atoms with E-state index < -0.39 is 17.6 Å². The highest BCUT2D eigenvalue weighted by Gasteiger charge is 2.21. The standard InChI is InChI=1S/C22H20FN7O3/c1-12(2)29-22(33)17-7-5-4-6-16(17)19(27-29)21(32)26-25-20(31)18-13(3)30(28-24-18)15-10-8-14(23)9-11-15/h4-12H,1-3H3,(H,25,31)(H,26,32). The van der Waals surface area contributed by atoms with Gasteiger partial charge in [-0.1, -0.05) is 23.4 Å². The number of hydrazine groups is 1. The largest absolute Gasteiger partial charge is 0.292 e. The number of halogens is 1. The summed E-state index contributed by atoms with van der Waals surface area (Å²) in [6, 6.07) is 11.9. The average Bonchev–Trinajstić information content (AvgIpc) is 3.19. The van der Waals surface area contributed by atoms with Crippen LogP contribution in [0.4, 0.5) is 4.39 Å². The van der Waals surface area contributed by atoms with Gasteiger partial charge in [0.15, 0.2) is 11.4 Å². The topological polar surface area (TPSA) is 124 Å². The first kappa shape index (κ1) is 21.8. The van der Waals surface area contributed by atoms with E-state index in [-0.39, 0.29) is 23.0 Å². The Kier molecular flexibility index (Phi) is 5.69. The first-order valence-corrected chi connectivity index (χ1v) is 10.1. The van der Waals surface area contributed by atoms with Gasteiger partial charge in [0.1, 0.15) is 5.82 Å². The van der Waals surface area contributed by atoms with Crippen molar-refractivity contribution in [2.24, 2.45) is 0 Å². The molecule has 0 fully saturated rings. The van der Waals surface area contributed by atoms with Crippen molar-refractivity contribution in [1.29, 1.82) is 0 Å². The molecule has 10 nitrogen and oxygen atoms in total. The van der Waals surface area contributed by atoms with E-state index >= 15 is 0 Å². The number of amides is 2. The Labute approximate surface area is 187 Å². The van der Waals surface area contributed by atoms with Crippen LogP contribution < -0.4 is 16.4 Å². The van der Waals surface area contributed by atoms with Crippen molar-refractivity contribution < 1.29 is 14.0 Å². The molecule has 0 atom stereocenters. The lowest BCUT2D eigenvalue weighted by atomic mass is 10.1. The summed E-state index contributed by atoms with van der Waals surface area (Å²) in [5.41, 5.74) is 5.19. The maximum Gasteiger partial charge on any atom is 0.292 e. The second-order valence-electron chi connectivity index (χ2n) is 7.56. The normalized spacial score (nSPS) is 11.1. The Morgan fingerprint density at radius 2 is 1.55 bits per heavy atom. The van der Waals surface area contributed by atoms with Crippen LogP contribution >= 0.6 is 0 Å². The number of carbonyl (C=O) groups excluding carboxylic acids is 2. The highest BCUT2D eigenvalue weighted by molar-refractivity contribution is 6.05. The molecule has 11 heteroatoms. The van der Waals surface area contributed by atoms with Gasteiger partial charge in [0.25, 0.3) is 17.4 Å².